The Balaban J connectivity index is 1.78. The average Bonchev–Trinajstić information content (AvgIpc) is 2.80. The van der Waals surface area contributed by atoms with Crippen molar-refractivity contribution in [1.29, 1.82) is 4.78 Å². The van der Waals surface area contributed by atoms with Gasteiger partial charge in [0, 0.05) is 63.6 Å². The van der Waals surface area contributed by atoms with Crippen molar-refractivity contribution in [1.82, 2.24) is 9.62 Å². The lowest BCUT2D eigenvalue weighted by molar-refractivity contribution is -0.135. The molecule has 3 rings (SSSR count). The van der Waals surface area contributed by atoms with Crippen LogP contribution in [0.1, 0.15) is 26.7 Å². The Kier molecular flexibility index (Phi) is 9.37. The van der Waals surface area contributed by atoms with Gasteiger partial charge in [-0.15, -0.1) is 0 Å². The minimum absolute atomic E-state index is 0.0769. The van der Waals surface area contributed by atoms with Crippen molar-refractivity contribution in [3.8, 4) is 11.1 Å². The fraction of sp³-hybridized carbons (Fsp3) is 0.360. The zero-order valence-corrected chi connectivity index (χ0v) is 23.9. The van der Waals surface area contributed by atoms with E-state index in [9.17, 15) is 9.00 Å². The molecule has 0 radical (unpaired) electrons. The van der Waals surface area contributed by atoms with Gasteiger partial charge in [-0.3, -0.25) is 9.10 Å². The van der Waals surface area contributed by atoms with E-state index < -0.39 is 38.0 Å². The lowest BCUT2D eigenvalue weighted by atomic mass is 9.93. The van der Waals surface area contributed by atoms with Crippen molar-refractivity contribution in [3.05, 3.63) is 63.4 Å². The number of amides is 1. The maximum atomic E-state index is 15.6. The van der Waals surface area contributed by atoms with Gasteiger partial charge in [0.15, 0.2) is 5.67 Å². The fourth-order valence-electron chi connectivity index (χ4n) is 3.91. The summed E-state index contributed by atoms with van der Waals surface area (Å²) in [4.78, 5) is 13.8. The largest absolute Gasteiger partial charge is 0.347 e. The van der Waals surface area contributed by atoms with Crippen molar-refractivity contribution in [2.75, 3.05) is 19.3 Å². The van der Waals surface area contributed by atoms with Crippen LogP contribution >= 0.6 is 38.2 Å². The van der Waals surface area contributed by atoms with Crippen LogP contribution in [0.2, 0.25) is 5.02 Å². The molecule has 1 heterocycles. The zero-order chi connectivity index (χ0) is 25.8. The lowest BCUT2D eigenvalue weighted by Gasteiger charge is -2.37. The average molecular weight is 603 g/mol. The first-order chi connectivity index (χ1) is 16.4. The van der Waals surface area contributed by atoms with E-state index in [4.69, 9.17) is 16.4 Å². The minimum Gasteiger partial charge on any atom is -0.347 e. The molecule has 1 saturated heterocycles. The number of nitrogens with zero attached hydrogens (tertiary/aromatic N) is 1. The van der Waals surface area contributed by atoms with Crippen molar-refractivity contribution >= 4 is 59.2 Å². The molecule has 10 heteroatoms. The number of benzene rings is 2. The molecule has 1 aliphatic rings. The van der Waals surface area contributed by atoms with Gasteiger partial charge in [-0.25, -0.2) is 13.4 Å². The van der Waals surface area contributed by atoms with Gasteiger partial charge in [0.25, 0.3) is 5.91 Å². The monoisotopic (exact) mass is 601 g/mol. The third-order valence-electron chi connectivity index (χ3n) is 5.74. The van der Waals surface area contributed by atoms with Gasteiger partial charge in [0.2, 0.25) is 0 Å². The van der Waals surface area contributed by atoms with Crippen LogP contribution in [0.15, 0.2) is 63.3 Å². The van der Waals surface area contributed by atoms with E-state index in [0.29, 0.717) is 18.1 Å². The number of alkyl halides is 1. The zero-order valence-electron chi connectivity index (χ0n) is 19.9. The summed E-state index contributed by atoms with van der Waals surface area (Å²) in [5.74, 6) is -0.664. The van der Waals surface area contributed by atoms with Crippen LogP contribution in [-0.4, -0.2) is 50.8 Å². The summed E-state index contributed by atoms with van der Waals surface area (Å²) in [7, 11) is -3.23. The molecular weight excluding hydrogens is 573 g/mol. The Hall–Kier alpha value is -1.52. The Labute approximate surface area is 223 Å². The van der Waals surface area contributed by atoms with Crippen molar-refractivity contribution in [2.45, 2.75) is 43.3 Å². The number of hydrogen-bond acceptors (Lipinski definition) is 4. The molecule has 2 aromatic rings. The lowest BCUT2D eigenvalue weighted by Crippen LogP contribution is -2.51. The molecule has 0 aliphatic carbocycles. The van der Waals surface area contributed by atoms with Crippen LogP contribution in [0.3, 0.4) is 0 Å². The number of nitrogens with one attached hydrogen (secondary N) is 2. The standard InChI is InChI=1S/C25H30BrClFN3O2S2/c1-4-34(23-10-9-19(26)17-21(23)20-7-5-6-8-22(20)27)31-14-12-25(28,13-15-31)24(32)30-18(2)11-16-35(3,29)33/h4-11,16-18,29H,12-15H2,1-3H3,(H,30,32)/b16-11-/t18-,34?,35-/m1/s1. The predicted molar refractivity (Wildman–Crippen MR) is 150 cm³/mol. The number of carbonyl (C=O) groups excluding carboxylic acids is 1. The van der Waals surface area contributed by atoms with Gasteiger partial charge >= 0.3 is 0 Å². The molecule has 35 heavy (non-hydrogen) atoms. The number of hydrogen-bond donors (Lipinski definition) is 2. The molecule has 0 saturated carbocycles. The highest BCUT2D eigenvalue weighted by Gasteiger charge is 2.42. The van der Waals surface area contributed by atoms with E-state index >= 15 is 4.39 Å². The van der Waals surface area contributed by atoms with Crippen LogP contribution < -0.4 is 5.32 Å². The molecule has 1 fully saturated rings. The van der Waals surface area contributed by atoms with Gasteiger partial charge in [-0.2, -0.15) is 0 Å². The number of piperidine rings is 1. The van der Waals surface area contributed by atoms with Crippen LogP contribution in [0.25, 0.3) is 11.1 Å². The second-order valence-corrected chi connectivity index (χ2v) is 14.0. The Morgan fingerprint density at radius 3 is 2.54 bits per heavy atom. The highest BCUT2D eigenvalue weighted by Crippen LogP contribution is 2.44. The summed E-state index contributed by atoms with van der Waals surface area (Å²) >= 11 is 10.1. The second-order valence-electron chi connectivity index (χ2n) is 8.56. The molecule has 3 atom stereocenters. The molecule has 1 unspecified atom stereocenters. The Morgan fingerprint density at radius 1 is 1.29 bits per heavy atom. The van der Waals surface area contributed by atoms with Gasteiger partial charge in [-0.1, -0.05) is 62.5 Å². The molecule has 0 bridgehead atoms. The summed E-state index contributed by atoms with van der Waals surface area (Å²) in [5.41, 5.74) is -0.0168. The molecule has 0 spiro atoms. The minimum atomic E-state index is -2.82. The quantitative estimate of drug-likeness (QED) is 0.349. The van der Waals surface area contributed by atoms with E-state index in [1.807, 2.05) is 37.3 Å². The summed E-state index contributed by atoms with van der Waals surface area (Å²) in [5, 5.41) is 6.66. The fourth-order valence-corrected chi connectivity index (χ4v) is 7.05. The number of halogens is 3. The third-order valence-corrected chi connectivity index (χ3v) is 9.41. The normalized spacial score (nSPS) is 19.8. The van der Waals surface area contributed by atoms with E-state index in [-0.39, 0.29) is 12.8 Å². The molecule has 5 nitrogen and oxygen atoms in total. The van der Waals surface area contributed by atoms with Gasteiger partial charge in [0.1, 0.15) is 0 Å². The molecule has 0 aromatic heterocycles. The van der Waals surface area contributed by atoms with Gasteiger partial charge in [0.05, 0.1) is 9.73 Å². The Bertz CT molecular complexity index is 1260. The molecular formula is C25H30BrClFN3O2S2. The van der Waals surface area contributed by atoms with E-state index in [2.05, 4.69) is 43.1 Å². The number of rotatable bonds is 7. The van der Waals surface area contributed by atoms with Crippen LogP contribution in [-0.2, 0) is 14.5 Å². The molecule has 1 aliphatic heterocycles. The first-order valence-corrected chi connectivity index (χ1v) is 15.6. The Morgan fingerprint density at radius 2 is 1.94 bits per heavy atom. The smallest absolute Gasteiger partial charge is 0.258 e. The summed E-state index contributed by atoms with van der Waals surface area (Å²) in [6.45, 7) is 4.52. The highest BCUT2D eigenvalue weighted by molar-refractivity contribution is 9.10. The van der Waals surface area contributed by atoms with Crippen molar-refractivity contribution < 1.29 is 13.4 Å². The van der Waals surface area contributed by atoms with Crippen LogP contribution in [0, 0.1) is 4.78 Å². The topological polar surface area (TPSA) is 73.3 Å². The van der Waals surface area contributed by atoms with Crippen LogP contribution in [0.5, 0.6) is 0 Å². The maximum Gasteiger partial charge on any atom is 0.258 e. The first kappa shape index (κ1) is 28.1. The molecule has 2 N–H and O–H groups in total. The number of carbonyl (C=O) groups is 1. The summed E-state index contributed by atoms with van der Waals surface area (Å²) in [6, 6.07) is 13.3. The van der Waals surface area contributed by atoms with E-state index in [0.717, 1.165) is 20.5 Å². The van der Waals surface area contributed by atoms with Crippen LogP contribution in [0.4, 0.5) is 4.39 Å². The molecule has 2 aromatic carbocycles. The van der Waals surface area contributed by atoms with Gasteiger partial charge in [-0.05, 0) is 49.0 Å². The van der Waals surface area contributed by atoms with E-state index in [1.54, 1.807) is 6.92 Å². The maximum absolute atomic E-state index is 15.6. The second kappa shape index (κ2) is 11.7. The van der Waals surface area contributed by atoms with Crippen molar-refractivity contribution in [2.24, 2.45) is 0 Å². The molecule has 1 amide bonds. The van der Waals surface area contributed by atoms with Crippen molar-refractivity contribution in [3.63, 3.8) is 0 Å². The SMILES string of the molecule is C/C=S(\c1ccc(Br)cc1-c1ccccc1Cl)N1CCC(F)(C(=O)N[C@H](C)/C=C\[S@](C)(=N)=O)CC1. The van der Waals surface area contributed by atoms with E-state index in [1.165, 1.54) is 17.7 Å². The predicted octanol–water partition coefficient (Wildman–Crippen LogP) is 6.63. The summed E-state index contributed by atoms with van der Waals surface area (Å²) < 4.78 is 37.7. The highest BCUT2D eigenvalue weighted by atomic mass is 79.9. The van der Waals surface area contributed by atoms with Gasteiger partial charge < -0.3 is 5.32 Å². The third kappa shape index (κ3) is 7.26. The molecule has 190 valence electrons. The summed E-state index contributed by atoms with van der Waals surface area (Å²) in [6.07, 6.45) is 2.91. The first-order valence-electron chi connectivity index (χ1n) is 11.2.